The summed E-state index contributed by atoms with van der Waals surface area (Å²) in [6.45, 7) is 5.00. The second kappa shape index (κ2) is 8.45. The first kappa shape index (κ1) is 20.5. The first-order chi connectivity index (χ1) is 13.8. The van der Waals surface area contributed by atoms with Crippen molar-refractivity contribution in [1.29, 1.82) is 0 Å². The van der Waals surface area contributed by atoms with Crippen LogP contribution in [0.25, 0.3) is 5.69 Å². The first-order valence-corrected chi connectivity index (χ1v) is 9.23. The molecule has 0 aliphatic heterocycles. The number of carbonyl (C=O) groups excluding carboxylic acids is 2. The van der Waals surface area contributed by atoms with Crippen molar-refractivity contribution in [2.45, 2.75) is 26.9 Å². The van der Waals surface area contributed by atoms with Crippen molar-refractivity contribution in [1.82, 2.24) is 9.78 Å². The highest BCUT2D eigenvalue weighted by molar-refractivity contribution is 6.33. The van der Waals surface area contributed by atoms with E-state index >= 15 is 0 Å². The van der Waals surface area contributed by atoms with Gasteiger partial charge in [-0.3, -0.25) is 4.79 Å². The van der Waals surface area contributed by atoms with Crippen LogP contribution in [0.5, 0.6) is 0 Å². The molecule has 0 spiro atoms. The van der Waals surface area contributed by atoms with E-state index in [9.17, 15) is 14.0 Å². The fraction of sp³-hybridized carbons (Fsp3) is 0.190. The van der Waals surface area contributed by atoms with Crippen LogP contribution in [0.2, 0.25) is 5.15 Å². The molecule has 0 fully saturated rings. The molecule has 6 nitrogen and oxygen atoms in total. The maximum atomic E-state index is 13.1. The lowest BCUT2D eigenvalue weighted by atomic mass is 10.2. The maximum Gasteiger partial charge on any atom is 0.344 e. The number of hydrogen-bond donors (Lipinski definition) is 1. The number of benzene rings is 2. The van der Waals surface area contributed by atoms with Gasteiger partial charge in [0, 0.05) is 5.69 Å². The van der Waals surface area contributed by atoms with Gasteiger partial charge in [0.15, 0.2) is 6.10 Å². The Hall–Kier alpha value is -3.19. The van der Waals surface area contributed by atoms with Gasteiger partial charge in [0.05, 0.1) is 11.4 Å². The molecule has 1 N–H and O–H groups in total. The standard InChI is InChI=1S/C21H19ClFN3O3/c1-12-4-8-16(9-5-12)24-20(27)14(3)29-21(28)18-13(2)25-26(19(18)22)17-10-6-15(23)7-11-17/h4-11,14H,1-3H3,(H,24,27)/t14-/m1/s1. The highest BCUT2D eigenvalue weighted by atomic mass is 35.5. The summed E-state index contributed by atoms with van der Waals surface area (Å²) in [7, 11) is 0. The van der Waals surface area contributed by atoms with E-state index in [1.54, 1.807) is 19.1 Å². The quantitative estimate of drug-likeness (QED) is 0.624. The van der Waals surface area contributed by atoms with Crippen LogP contribution < -0.4 is 5.32 Å². The van der Waals surface area contributed by atoms with E-state index in [4.69, 9.17) is 16.3 Å². The van der Waals surface area contributed by atoms with Gasteiger partial charge in [-0.25, -0.2) is 13.9 Å². The SMILES string of the molecule is Cc1ccc(NC(=O)[C@@H](C)OC(=O)c2c(C)nn(-c3ccc(F)cc3)c2Cl)cc1. The molecule has 0 radical (unpaired) electrons. The predicted molar refractivity (Wildman–Crippen MR) is 108 cm³/mol. The third-order valence-corrected chi connectivity index (χ3v) is 4.60. The molecule has 1 aromatic heterocycles. The minimum atomic E-state index is -1.05. The van der Waals surface area contributed by atoms with Crippen LogP contribution in [0.15, 0.2) is 48.5 Å². The molecule has 3 rings (SSSR count). The van der Waals surface area contributed by atoms with E-state index in [1.807, 2.05) is 19.1 Å². The van der Waals surface area contributed by atoms with Crippen molar-refractivity contribution in [2.75, 3.05) is 5.32 Å². The zero-order valence-corrected chi connectivity index (χ0v) is 16.8. The van der Waals surface area contributed by atoms with Crippen LogP contribution in [-0.2, 0) is 9.53 Å². The number of amides is 1. The molecule has 1 amide bonds. The molecule has 2 aromatic carbocycles. The molecule has 0 unspecified atom stereocenters. The highest BCUT2D eigenvalue weighted by Gasteiger charge is 2.26. The second-order valence-corrected chi connectivity index (χ2v) is 6.90. The number of nitrogens with one attached hydrogen (secondary N) is 1. The van der Waals surface area contributed by atoms with Crippen molar-refractivity contribution in [2.24, 2.45) is 0 Å². The van der Waals surface area contributed by atoms with E-state index in [0.717, 1.165) is 5.56 Å². The van der Waals surface area contributed by atoms with Crippen molar-refractivity contribution >= 4 is 29.2 Å². The van der Waals surface area contributed by atoms with Crippen LogP contribution >= 0.6 is 11.6 Å². The highest BCUT2D eigenvalue weighted by Crippen LogP contribution is 2.25. The van der Waals surface area contributed by atoms with Gasteiger partial charge >= 0.3 is 5.97 Å². The summed E-state index contributed by atoms with van der Waals surface area (Å²) >= 11 is 6.31. The molecule has 0 saturated heterocycles. The van der Waals surface area contributed by atoms with Gasteiger partial charge in [-0.2, -0.15) is 5.10 Å². The predicted octanol–water partition coefficient (Wildman–Crippen LogP) is 4.47. The lowest BCUT2D eigenvalue weighted by molar-refractivity contribution is -0.123. The van der Waals surface area contributed by atoms with Crippen molar-refractivity contribution in [3.05, 3.63) is 76.3 Å². The molecule has 1 atom stereocenters. The molecule has 3 aromatic rings. The van der Waals surface area contributed by atoms with Crippen LogP contribution in [0.4, 0.5) is 10.1 Å². The van der Waals surface area contributed by atoms with Crippen LogP contribution in [0.3, 0.4) is 0 Å². The summed E-state index contributed by atoms with van der Waals surface area (Å²) in [6, 6.07) is 12.7. The molecular formula is C21H19ClFN3O3. The van der Waals surface area contributed by atoms with Gasteiger partial charge in [0.25, 0.3) is 5.91 Å². The third-order valence-electron chi connectivity index (χ3n) is 4.25. The Morgan fingerprint density at radius 1 is 1.10 bits per heavy atom. The summed E-state index contributed by atoms with van der Waals surface area (Å²) in [5, 5.41) is 6.92. The normalized spacial score (nSPS) is 11.8. The average molecular weight is 416 g/mol. The monoisotopic (exact) mass is 415 g/mol. The zero-order valence-electron chi connectivity index (χ0n) is 16.1. The summed E-state index contributed by atoms with van der Waals surface area (Å²) in [4.78, 5) is 24.9. The lowest BCUT2D eigenvalue weighted by Crippen LogP contribution is -2.30. The topological polar surface area (TPSA) is 73.2 Å². The molecular weight excluding hydrogens is 397 g/mol. The Balaban J connectivity index is 1.73. The maximum absolute atomic E-state index is 13.1. The molecule has 1 heterocycles. The van der Waals surface area contributed by atoms with Crippen molar-refractivity contribution < 1.29 is 18.7 Å². The van der Waals surface area contributed by atoms with E-state index in [0.29, 0.717) is 17.1 Å². The van der Waals surface area contributed by atoms with Gasteiger partial charge in [0.2, 0.25) is 0 Å². The summed E-state index contributed by atoms with van der Waals surface area (Å²) in [5.74, 6) is -1.64. The number of aryl methyl sites for hydroxylation is 2. The fourth-order valence-corrected chi connectivity index (χ4v) is 2.99. The average Bonchev–Trinajstić information content (AvgIpc) is 2.98. The fourth-order valence-electron chi connectivity index (χ4n) is 2.64. The molecule has 0 saturated carbocycles. The number of anilines is 1. The summed E-state index contributed by atoms with van der Waals surface area (Å²) < 4.78 is 19.7. The molecule has 0 aliphatic carbocycles. The largest absolute Gasteiger partial charge is 0.449 e. The Kier molecular flexibility index (Phi) is 5.98. The van der Waals surface area contributed by atoms with Crippen molar-refractivity contribution in [3.8, 4) is 5.69 Å². The van der Waals surface area contributed by atoms with Gasteiger partial charge in [-0.15, -0.1) is 0 Å². The number of halogens is 2. The van der Waals surface area contributed by atoms with Crippen molar-refractivity contribution in [3.63, 3.8) is 0 Å². The summed E-state index contributed by atoms with van der Waals surface area (Å²) in [5.41, 5.74) is 2.53. The lowest BCUT2D eigenvalue weighted by Gasteiger charge is -2.13. The van der Waals surface area contributed by atoms with Gasteiger partial charge in [-0.05, 0) is 57.2 Å². The summed E-state index contributed by atoms with van der Waals surface area (Å²) in [6.07, 6.45) is -1.05. The number of rotatable bonds is 5. The smallest absolute Gasteiger partial charge is 0.344 e. The van der Waals surface area contributed by atoms with E-state index < -0.39 is 23.8 Å². The number of nitrogens with zero attached hydrogens (tertiary/aromatic N) is 2. The number of ether oxygens (including phenoxy) is 1. The Bertz CT molecular complexity index is 1050. The minimum absolute atomic E-state index is 0.0188. The number of esters is 1. The van der Waals surface area contributed by atoms with E-state index in [-0.39, 0.29) is 10.7 Å². The number of aromatic nitrogens is 2. The molecule has 150 valence electrons. The second-order valence-electron chi connectivity index (χ2n) is 6.54. The van der Waals surface area contributed by atoms with Crippen LogP contribution in [-0.4, -0.2) is 27.8 Å². The number of carbonyl (C=O) groups is 2. The molecule has 0 bridgehead atoms. The Morgan fingerprint density at radius 3 is 2.34 bits per heavy atom. The van der Waals surface area contributed by atoms with Gasteiger partial charge < -0.3 is 10.1 Å². The first-order valence-electron chi connectivity index (χ1n) is 8.86. The molecule has 0 aliphatic rings. The molecule has 8 heteroatoms. The van der Waals surface area contributed by atoms with Gasteiger partial charge in [0.1, 0.15) is 16.5 Å². The third kappa shape index (κ3) is 4.63. The van der Waals surface area contributed by atoms with E-state index in [2.05, 4.69) is 10.4 Å². The van der Waals surface area contributed by atoms with Crippen LogP contribution in [0.1, 0.15) is 28.5 Å². The van der Waals surface area contributed by atoms with Gasteiger partial charge in [-0.1, -0.05) is 29.3 Å². The Morgan fingerprint density at radius 2 is 1.72 bits per heavy atom. The molecule has 29 heavy (non-hydrogen) atoms. The van der Waals surface area contributed by atoms with E-state index in [1.165, 1.54) is 35.9 Å². The zero-order chi connectivity index (χ0) is 21.1. The Labute approximate surface area is 172 Å². The number of hydrogen-bond acceptors (Lipinski definition) is 4. The minimum Gasteiger partial charge on any atom is -0.449 e. The van der Waals surface area contributed by atoms with Crippen LogP contribution in [0, 0.1) is 19.7 Å².